The Balaban J connectivity index is 2.01. The smallest absolute Gasteiger partial charge is 0.0465 e. The predicted octanol–water partition coefficient (Wildman–Crippen LogP) is 3.78. The lowest BCUT2D eigenvalue weighted by atomic mass is 10.2. The summed E-state index contributed by atoms with van der Waals surface area (Å²) < 4.78 is 0. The maximum Gasteiger partial charge on any atom is 0.0465 e. The zero-order chi connectivity index (χ0) is 12.4. The molecule has 0 saturated carbocycles. The van der Waals surface area contributed by atoms with Crippen LogP contribution in [0.25, 0.3) is 10.9 Å². The van der Waals surface area contributed by atoms with Crippen LogP contribution in [-0.2, 0) is 6.54 Å². The summed E-state index contributed by atoms with van der Waals surface area (Å²) >= 11 is 1.76. The molecule has 3 aromatic rings. The summed E-state index contributed by atoms with van der Waals surface area (Å²) in [5, 5.41) is 1.26. The first-order chi connectivity index (χ1) is 8.88. The maximum atomic E-state index is 5.77. The quantitative estimate of drug-likeness (QED) is 0.747. The van der Waals surface area contributed by atoms with Crippen molar-refractivity contribution in [3.05, 3.63) is 60.3 Å². The van der Waals surface area contributed by atoms with Gasteiger partial charge in [0, 0.05) is 33.4 Å². The fourth-order valence-corrected chi connectivity index (χ4v) is 3.09. The molecule has 3 rings (SSSR count). The minimum Gasteiger partial charge on any atom is -0.360 e. The molecule has 0 bridgehead atoms. The van der Waals surface area contributed by atoms with Crippen LogP contribution in [0.1, 0.15) is 5.56 Å². The molecule has 1 heterocycles. The van der Waals surface area contributed by atoms with Crippen LogP contribution in [0.15, 0.2) is 64.5 Å². The lowest BCUT2D eigenvalue weighted by molar-refractivity contribution is 1.03. The molecule has 0 unspecified atom stereocenters. The Morgan fingerprint density at radius 3 is 2.61 bits per heavy atom. The average Bonchev–Trinajstić information content (AvgIpc) is 2.83. The fraction of sp³-hybridized carbons (Fsp3) is 0.0667. The lowest BCUT2D eigenvalue weighted by Crippen LogP contribution is -1.97. The van der Waals surface area contributed by atoms with Gasteiger partial charge in [0.2, 0.25) is 0 Å². The van der Waals surface area contributed by atoms with Gasteiger partial charge in [-0.05, 0) is 17.7 Å². The van der Waals surface area contributed by atoms with Crippen LogP contribution in [0.5, 0.6) is 0 Å². The molecule has 1 aromatic heterocycles. The molecule has 0 amide bonds. The van der Waals surface area contributed by atoms with Crippen molar-refractivity contribution in [1.82, 2.24) is 4.98 Å². The number of fused-ring (bicyclic) bond motifs is 1. The highest BCUT2D eigenvalue weighted by molar-refractivity contribution is 7.99. The van der Waals surface area contributed by atoms with Gasteiger partial charge >= 0.3 is 0 Å². The van der Waals surface area contributed by atoms with E-state index in [1.807, 2.05) is 12.1 Å². The number of hydrogen-bond acceptors (Lipinski definition) is 2. The van der Waals surface area contributed by atoms with E-state index in [9.17, 15) is 0 Å². The summed E-state index contributed by atoms with van der Waals surface area (Å²) in [5.74, 6) is 0. The number of H-pyrrole nitrogens is 1. The first-order valence-corrected chi connectivity index (χ1v) is 6.72. The Bertz CT molecular complexity index is 673. The normalized spacial score (nSPS) is 10.9. The van der Waals surface area contributed by atoms with Crippen LogP contribution >= 0.6 is 11.8 Å². The molecule has 0 aliphatic rings. The number of nitrogens with one attached hydrogen (secondary N) is 1. The van der Waals surface area contributed by atoms with E-state index in [1.165, 1.54) is 26.3 Å². The van der Waals surface area contributed by atoms with Crippen LogP contribution in [0.3, 0.4) is 0 Å². The van der Waals surface area contributed by atoms with Crippen molar-refractivity contribution >= 4 is 22.7 Å². The predicted molar refractivity (Wildman–Crippen MR) is 76.8 cm³/mol. The van der Waals surface area contributed by atoms with E-state index < -0.39 is 0 Å². The standard InChI is InChI=1S/C15H14N2S/c16-9-11-5-1-4-8-14(11)18-15-10-17-13-7-3-2-6-12(13)15/h1-8,10,17H,9,16H2. The number of aromatic nitrogens is 1. The number of para-hydroxylation sites is 1. The third kappa shape index (κ3) is 2.03. The molecule has 3 heteroatoms. The van der Waals surface area contributed by atoms with E-state index in [-0.39, 0.29) is 0 Å². The van der Waals surface area contributed by atoms with Crippen molar-refractivity contribution in [3.63, 3.8) is 0 Å². The van der Waals surface area contributed by atoms with Crippen molar-refractivity contribution < 1.29 is 0 Å². The SMILES string of the molecule is NCc1ccccc1Sc1c[nH]c2ccccc12. The molecule has 0 aliphatic heterocycles. The zero-order valence-corrected chi connectivity index (χ0v) is 10.7. The molecule has 0 radical (unpaired) electrons. The van der Waals surface area contributed by atoms with E-state index >= 15 is 0 Å². The maximum absolute atomic E-state index is 5.77. The molecule has 0 atom stereocenters. The van der Waals surface area contributed by atoms with Gasteiger partial charge in [-0.2, -0.15) is 0 Å². The molecule has 3 N–H and O–H groups in total. The highest BCUT2D eigenvalue weighted by Crippen LogP contribution is 2.35. The van der Waals surface area contributed by atoms with E-state index in [1.54, 1.807) is 11.8 Å². The number of rotatable bonds is 3. The molecule has 2 aromatic carbocycles. The summed E-state index contributed by atoms with van der Waals surface area (Å²) in [6.07, 6.45) is 2.06. The topological polar surface area (TPSA) is 41.8 Å². The van der Waals surface area contributed by atoms with Gasteiger partial charge in [-0.15, -0.1) is 0 Å². The second kappa shape index (κ2) is 4.88. The number of aromatic amines is 1. The number of hydrogen-bond donors (Lipinski definition) is 2. The number of nitrogens with two attached hydrogens (primary N) is 1. The van der Waals surface area contributed by atoms with Gasteiger partial charge in [0.25, 0.3) is 0 Å². The first-order valence-electron chi connectivity index (χ1n) is 5.90. The van der Waals surface area contributed by atoms with E-state index in [0.29, 0.717) is 6.54 Å². The molecule has 0 spiro atoms. The number of benzene rings is 2. The lowest BCUT2D eigenvalue weighted by Gasteiger charge is -2.05. The molecule has 90 valence electrons. The van der Waals surface area contributed by atoms with Gasteiger partial charge in [0.15, 0.2) is 0 Å². The van der Waals surface area contributed by atoms with E-state index in [2.05, 4.69) is 47.6 Å². The van der Waals surface area contributed by atoms with Crippen molar-refractivity contribution in [2.24, 2.45) is 5.73 Å². The van der Waals surface area contributed by atoms with Gasteiger partial charge in [0.05, 0.1) is 0 Å². The fourth-order valence-electron chi connectivity index (χ4n) is 2.02. The molecular formula is C15H14N2S. The van der Waals surface area contributed by atoms with Gasteiger partial charge in [-0.3, -0.25) is 0 Å². The summed E-state index contributed by atoms with van der Waals surface area (Å²) in [4.78, 5) is 5.76. The van der Waals surface area contributed by atoms with E-state index in [4.69, 9.17) is 5.73 Å². The molecular weight excluding hydrogens is 240 g/mol. The Labute approximate surface area is 110 Å². The molecule has 0 saturated heterocycles. The monoisotopic (exact) mass is 254 g/mol. The second-order valence-electron chi connectivity index (χ2n) is 4.11. The largest absolute Gasteiger partial charge is 0.360 e. The van der Waals surface area contributed by atoms with Crippen LogP contribution in [0.4, 0.5) is 0 Å². The first kappa shape index (κ1) is 11.4. The summed E-state index contributed by atoms with van der Waals surface area (Å²) in [6, 6.07) is 16.6. The van der Waals surface area contributed by atoms with Crippen LogP contribution < -0.4 is 5.73 Å². The molecule has 0 fully saturated rings. The van der Waals surface area contributed by atoms with Crippen LogP contribution in [0, 0.1) is 0 Å². The summed E-state index contributed by atoms with van der Waals surface area (Å²) in [5.41, 5.74) is 8.13. The highest BCUT2D eigenvalue weighted by Gasteiger charge is 2.07. The van der Waals surface area contributed by atoms with E-state index in [0.717, 1.165) is 0 Å². The van der Waals surface area contributed by atoms with Crippen molar-refractivity contribution in [3.8, 4) is 0 Å². The van der Waals surface area contributed by atoms with Crippen molar-refractivity contribution in [2.75, 3.05) is 0 Å². The highest BCUT2D eigenvalue weighted by atomic mass is 32.2. The Morgan fingerprint density at radius 1 is 0.944 bits per heavy atom. The average molecular weight is 254 g/mol. The Kier molecular flexibility index (Phi) is 3.09. The van der Waals surface area contributed by atoms with Crippen LogP contribution in [0.2, 0.25) is 0 Å². The summed E-state index contributed by atoms with van der Waals surface area (Å²) in [6.45, 7) is 0.575. The zero-order valence-electron chi connectivity index (χ0n) is 9.89. The Morgan fingerprint density at radius 2 is 1.72 bits per heavy atom. The Hall–Kier alpha value is -1.71. The molecule has 2 nitrogen and oxygen atoms in total. The van der Waals surface area contributed by atoms with Crippen molar-refractivity contribution in [2.45, 2.75) is 16.3 Å². The van der Waals surface area contributed by atoms with Gasteiger partial charge in [0.1, 0.15) is 0 Å². The second-order valence-corrected chi connectivity index (χ2v) is 5.20. The minimum absolute atomic E-state index is 0.575. The molecule has 0 aliphatic carbocycles. The van der Waals surface area contributed by atoms with Crippen molar-refractivity contribution in [1.29, 1.82) is 0 Å². The third-order valence-corrected chi connectivity index (χ3v) is 4.14. The van der Waals surface area contributed by atoms with Gasteiger partial charge in [-0.1, -0.05) is 48.2 Å². The van der Waals surface area contributed by atoms with Gasteiger partial charge in [-0.25, -0.2) is 0 Å². The van der Waals surface area contributed by atoms with Gasteiger partial charge < -0.3 is 10.7 Å². The summed E-state index contributed by atoms with van der Waals surface area (Å²) in [7, 11) is 0. The van der Waals surface area contributed by atoms with Crippen LogP contribution in [-0.4, -0.2) is 4.98 Å². The third-order valence-electron chi connectivity index (χ3n) is 2.96. The minimum atomic E-state index is 0.575. The molecule has 18 heavy (non-hydrogen) atoms.